The Labute approximate surface area is 117 Å². The van der Waals surface area contributed by atoms with Crippen LogP contribution in [0.1, 0.15) is 37.0 Å². The van der Waals surface area contributed by atoms with Gasteiger partial charge in [0.15, 0.2) is 0 Å². The summed E-state index contributed by atoms with van der Waals surface area (Å²) in [6, 6.07) is 4.46. The lowest BCUT2D eigenvalue weighted by Crippen LogP contribution is -2.38. The molecule has 106 valence electrons. The lowest BCUT2D eigenvalue weighted by Gasteiger charge is -2.35. The van der Waals surface area contributed by atoms with E-state index in [2.05, 4.69) is 44.7 Å². The van der Waals surface area contributed by atoms with Crippen LogP contribution in [0.15, 0.2) is 12.1 Å². The molecule has 0 N–H and O–H groups in total. The van der Waals surface area contributed by atoms with Gasteiger partial charge in [0.1, 0.15) is 5.75 Å². The Balaban J connectivity index is 2.12. The number of ether oxygens (including phenoxy) is 1. The van der Waals surface area contributed by atoms with E-state index in [4.69, 9.17) is 4.74 Å². The average molecular weight is 261 g/mol. The summed E-state index contributed by atoms with van der Waals surface area (Å²) in [5, 5.41) is 0. The second-order valence-electron chi connectivity index (χ2n) is 6.39. The lowest BCUT2D eigenvalue weighted by atomic mass is 9.91. The van der Waals surface area contributed by atoms with E-state index in [-0.39, 0.29) is 0 Å². The Morgan fingerprint density at radius 1 is 1.11 bits per heavy atom. The summed E-state index contributed by atoms with van der Waals surface area (Å²) in [5.41, 5.74) is 4.02. The highest BCUT2D eigenvalue weighted by Crippen LogP contribution is 2.26. The predicted molar refractivity (Wildman–Crippen MR) is 80.7 cm³/mol. The van der Waals surface area contributed by atoms with Crippen LogP contribution in [0, 0.1) is 25.7 Å². The number of nitrogens with zero attached hydrogens (tertiary/aromatic N) is 1. The minimum Gasteiger partial charge on any atom is -0.496 e. The summed E-state index contributed by atoms with van der Waals surface area (Å²) in [6.07, 6.45) is 1.37. The number of piperidine rings is 1. The fraction of sp³-hybridized carbons (Fsp3) is 0.647. The third kappa shape index (κ3) is 3.50. The van der Waals surface area contributed by atoms with Crippen molar-refractivity contribution in [3.8, 4) is 5.75 Å². The first-order chi connectivity index (χ1) is 8.99. The van der Waals surface area contributed by atoms with Crippen molar-refractivity contribution in [3.63, 3.8) is 0 Å². The van der Waals surface area contributed by atoms with Gasteiger partial charge in [-0.2, -0.15) is 0 Å². The van der Waals surface area contributed by atoms with Gasteiger partial charge in [-0.15, -0.1) is 0 Å². The van der Waals surface area contributed by atoms with E-state index in [1.807, 2.05) is 0 Å². The van der Waals surface area contributed by atoms with E-state index in [0.29, 0.717) is 0 Å². The molecule has 0 saturated carbocycles. The second-order valence-corrected chi connectivity index (χ2v) is 6.39. The normalized spacial score (nSPS) is 24.5. The van der Waals surface area contributed by atoms with Gasteiger partial charge in [-0.05, 0) is 54.9 Å². The maximum atomic E-state index is 5.39. The molecule has 1 saturated heterocycles. The maximum absolute atomic E-state index is 5.39. The zero-order valence-corrected chi connectivity index (χ0v) is 13.0. The molecule has 2 heteroatoms. The van der Waals surface area contributed by atoms with Gasteiger partial charge < -0.3 is 4.74 Å². The molecule has 2 nitrogen and oxygen atoms in total. The van der Waals surface area contributed by atoms with E-state index in [9.17, 15) is 0 Å². The Hall–Kier alpha value is -1.02. The summed E-state index contributed by atoms with van der Waals surface area (Å²) >= 11 is 0. The van der Waals surface area contributed by atoms with Crippen molar-refractivity contribution in [1.29, 1.82) is 0 Å². The van der Waals surface area contributed by atoms with Crippen molar-refractivity contribution >= 4 is 0 Å². The van der Waals surface area contributed by atoms with Crippen molar-refractivity contribution in [3.05, 3.63) is 28.8 Å². The molecule has 19 heavy (non-hydrogen) atoms. The zero-order valence-electron chi connectivity index (χ0n) is 13.0. The number of aryl methyl sites for hydroxylation is 2. The molecule has 0 aromatic heterocycles. The number of likely N-dealkylation sites (tertiary alicyclic amines) is 1. The molecule has 1 aliphatic heterocycles. The van der Waals surface area contributed by atoms with E-state index >= 15 is 0 Å². The Kier molecular flexibility index (Phi) is 4.51. The van der Waals surface area contributed by atoms with Gasteiger partial charge in [0, 0.05) is 19.6 Å². The Morgan fingerprint density at radius 2 is 1.74 bits per heavy atom. The first-order valence-corrected chi connectivity index (χ1v) is 7.36. The molecular formula is C17H27NO. The van der Waals surface area contributed by atoms with Crippen LogP contribution in [0.3, 0.4) is 0 Å². The fourth-order valence-electron chi connectivity index (χ4n) is 3.40. The zero-order chi connectivity index (χ0) is 14.0. The molecule has 1 aromatic carbocycles. The van der Waals surface area contributed by atoms with Gasteiger partial charge in [-0.25, -0.2) is 0 Å². The number of benzene rings is 1. The SMILES string of the molecule is COc1cc(C)c(CN2C[C@H](C)C[C@@H](C)C2)cc1C. The highest BCUT2D eigenvalue weighted by Gasteiger charge is 2.22. The molecule has 1 aromatic rings. The molecule has 2 rings (SSSR count). The van der Waals surface area contributed by atoms with Gasteiger partial charge >= 0.3 is 0 Å². The lowest BCUT2D eigenvalue weighted by molar-refractivity contribution is 0.134. The average Bonchev–Trinajstić information content (AvgIpc) is 2.32. The molecule has 0 unspecified atom stereocenters. The standard InChI is InChI=1S/C17H27NO/c1-12-6-13(2)10-18(9-12)11-16-7-15(4)17(19-5)8-14(16)3/h7-8,12-13H,6,9-11H2,1-5H3/t12-,13-/m1/s1. The molecule has 0 bridgehead atoms. The summed E-state index contributed by atoms with van der Waals surface area (Å²) in [6.45, 7) is 12.6. The van der Waals surface area contributed by atoms with Crippen LogP contribution in [-0.2, 0) is 6.54 Å². The first-order valence-electron chi connectivity index (χ1n) is 7.36. The molecule has 1 heterocycles. The number of hydrogen-bond acceptors (Lipinski definition) is 2. The van der Waals surface area contributed by atoms with Gasteiger partial charge in [-0.3, -0.25) is 4.90 Å². The molecule has 0 amide bonds. The largest absolute Gasteiger partial charge is 0.496 e. The van der Waals surface area contributed by atoms with E-state index < -0.39 is 0 Å². The van der Waals surface area contributed by atoms with E-state index in [1.54, 1.807) is 7.11 Å². The summed E-state index contributed by atoms with van der Waals surface area (Å²) in [4.78, 5) is 2.60. The summed E-state index contributed by atoms with van der Waals surface area (Å²) < 4.78 is 5.39. The smallest absolute Gasteiger partial charge is 0.122 e. The molecule has 0 radical (unpaired) electrons. The Morgan fingerprint density at radius 3 is 2.32 bits per heavy atom. The molecule has 1 fully saturated rings. The maximum Gasteiger partial charge on any atom is 0.122 e. The van der Waals surface area contributed by atoms with Crippen LogP contribution in [-0.4, -0.2) is 25.1 Å². The van der Waals surface area contributed by atoms with Gasteiger partial charge in [0.05, 0.1) is 7.11 Å². The van der Waals surface area contributed by atoms with Crippen molar-refractivity contribution in [1.82, 2.24) is 4.90 Å². The molecule has 0 aliphatic carbocycles. The molecule has 2 atom stereocenters. The molecular weight excluding hydrogens is 234 g/mol. The minimum atomic E-state index is 0.823. The highest BCUT2D eigenvalue weighted by atomic mass is 16.5. The fourth-order valence-corrected chi connectivity index (χ4v) is 3.40. The first kappa shape index (κ1) is 14.4. The second kappa shape index (κ2) is 5.96. The highest BCUT2D eigenvalue weighted by molar-refractivity contribution is 5.41. The molecule has 0 spiro atoms. The van der Waals surface area contributed by atoms with Gasteiger partial charge in [0.2, 0.25) is 0 Å². The quantitative estimate of drug-likeness (QED) is 0.821. The van der Waals surface area contributed by atoms with Crippen LogP contribution < -0.4 is 4.74 Å². The van der Waals surface area contributed by atoms with Crippen molar-refractivity contribution < 1.29 is 4.74 Å². The monoisotopic (exact) mass is 261 g/mol. The number of hydrogen-bond donors (Lipinski definition) is 0. The third-order valence-electron chi connectivity index (χ3n) is 4.19. The van der Waals surface area contributed by atoms with Crippen LogP contribution >= 0.6 is 0 Å². The summed E-state index contributed by atoms with van der Waals surface area (Å²) in [7, 11) is 1.75. The van der Waals surface area contributed by atoms with Crippen LogP contribution in [0.5, 0.6) is 5.75 Å². The van der Waals surface area contributed by atoms with Crippen LogP contribution in [0.2, 0.25) is 0 Å². The van der Waals surface area contributed by atoms with Crippen LogP contribution in [0.4, 0.5) is 0 Å². The van der Waals surface area contributed by atoms with Gasteiger partial charge in [-0.1, -0.05) is 19.9 Å². The van der Waals surface area contributed by atoms with Crippen molar-refractivity contribution in [2.75, 3.05) is 20.2 Å². The number of rotatable bonds is 3. The van der Waals surface area contributed by atoms with Crippen molar-refractivity contribution in [2.45, 2.75) is 40.7 Å². The third-order valence-corrected chi connectivity index (χ3v) is 4.19. The van der Waals surface area contributed by atoms with Gasteiger partial charge in [0.25, 0.3) is 0 Å². The van der Waals surface area contributed by atoms with Crippen molar-refractivity contribution in [2.24, 2.45) is 11.8 Å². The summed E-state index contributed by atoms with van der Waals surface area (Å²) in [5.74, 6) is 2.65. The predicted octanol–water partition coefficient (Wildman–Crippen LogP) is 3.79. The van der Waals surface area contributed by atoms with E-state index in [0.717, 1.165) is 24.1 Å². The van der Waals surface area contributed by atoms with Crippen LogP contribution in [0.25, 0.3) is 0 Å². The Bertz CT molecular complexity index is 431. The van der Waals surface area contributed by atoms with E-state index in [1.165, 1.54) is 36.2 Å². The molecule has 1 aliphatic rings. The minimum absolute atomic E-state index is 0.823. The number of methoxy groups -OCH3 is 1. The topological polar surface area (TPSA) is 12.5 Å².